The number of carbonyl (C=O) groups is 1. The number of sulfonamides is 1. The number of ether oxygens (including phenoxy) is 1. The minimum Gasteiger partial charge on any atom is -0.378 e. The number of hydrogen-bond acceptors (Lipinski definition) is 6. The molecule has 0 spiro atoms. The lowest BCUT2D eigenvalue weighted by Crippen LogP contribution is -2.37. The molecular formula is C24H25FN4O4S. The zero-order valence-corrected chi connectivity index (χ0v) is 19.3. The first-order chi connectivity index (χ1) is 16.4. The van der Waals surface area contributed by atoms with Crippen molar-refractivity contribution in [3.05, 3.63) is 59.4 Å². The van der Waals surface area contributed by atoms with Crippen molar-refractivity contribution < 1.29 is 22.3 Å². The van der Waals surface area contributed by atoms with Crippen molar-refractivity contribution in [2.24, 2.45) is 17.8 Å². The second-order valence-electron chi connectivity index (χ2n) is 8.93. The lowest BCUT2D eigenvalue weighted by Gasteiger charge is -2.29. The number of amides is 1. The molecule has 8 nitrogen and oxygen atoms in total. The molecule has 1 N–H and O–H groups in total. The number of morpholine rings is 1. The van der Waals surface area contributed by atoms with Crippen LogP contribution in [-0.2, 0) is 14.8 Å². The Hall–Kier alpha value is -3.00. The zero-order valence-electron chi connectivity index (χ0n) is 18.5. The number of carbonyl (C=O) groups excluding carboxylic acids is 1. The van der Waals surface area contributed by atoms with Crippen LogP contribution in [0.3, 0.4) is 0 Å². The summed E-state index contributed by atoms with van der Waals surface area (Å²) >= 11 is 0. The van der Waals surface area contributed by atoms with Crippen LogP contribution in [0.25, 0.3) is 0 Å². The van der Waals surface area contributed by atoms with Crippen LogP contribution >= 0.6 is 0 Å². The number of hydrogen-bond donors (Lipinski definition) is 1. The number of piperidine rings is 1. The number of nitrogens with zero attached hydrogens (tertiary/aromatic N) is 3. The van der Waals surface area contributed by atoms with Crippen LogP contribution in [-0.4, -0.2) is 64.6 Å². The maximum Gasteiger partial charge on any atom is 0.251 e. The molecule has 3 aliphatic rings. The summed E-state index contributed by atoms with van der Waals surface area (Å²) < 4.78 is 47.1. The van der Waals surface area contributed by atoms with Crippen molar-refractivity contribution in [2.45, 2.75) is 4.90 Å². The second-order valence-corrected chi connectivity index (χ2v) is 10.9. The van der Waals surface area contributed by atoms with Gasteiger partial charge in [0.05, 0.1) is 35.4 Å². The van der Waals surface area contributed by atoms with Gasteiger partial charge >= 0.3 is 0 Å². The van der Waals surface area contributed by atoms with Crippen LogP contribution in [0.2, 0.25) is 0 Å². The minimum atomic E-state index is -3.60. The third kappa shape index (κ3) is 4.27. The first-order valence-corrected chi connectivity index (χ1v) is 12.7. The van der Waals surface area contributed by atoms with Crippen LogP contribution in [0.5, 0.6) is 0 Å². The molecule has 2 saturated heterocycles. The highest BCUT2D eigenvalue weighted by molar-refractivity contribution is 7.89. The maximum atomic E-state index is 14.6. The molecule has 1 amide bonds. The van der Waals surface area contributed by atoms with Gasteiger partial charge < -0.3 is 15.0 Å². The van der Waals surface area contributed by atoms with E-state index < -0.39 is 15.8 Å². The molecule has 1 aliphatic carbocycles. The number of rotatable bonds is 6. The first kappa shape index (κ1) is 22.8. The largest absolute Gasteiger partial charge is 0.378 e. The van der Waals surface area contributed by atoms with Crippen molar-refractivity contribution in [3.8, 4) is 6.07 Å². The van der Waals surface area contributed by atoms with Crippen molar-refractivity contribution in [2.75, 3.05) is 50.8 Å². The van der Waals surface area contributed by atoms with Crippen molar-refractivity contribution in [1.29, 1.82) is 5.26 Å². The lowest BCUT2D eigenvalue weighted by molar-refractivity contribution is 0.0949. The number of halogens is 1. The molecule has 0 bridgehead atoms. The molecule has 2 atom stereocenters. The summed E-state index contributed by atoms with van der Waals surface area (Å²) in [7, 11) is -3.60. The predicted octanol–water partition coefficient (Wildman–Crippen LogP) is 1.83. The topological polar surface area (TPSA) is 103 Å². The Balaban J connectivity index is 1.14. The summed E-state index contributed by atoms with van der Waals surface area (Å²) in [6, 6.07) is 12.4. The molecule has 0 aromatic heterocycles. The molecule has 2 aliphatic heterocycles. The van der Waals surface area contributed by atoms with E-state index in [2.05, 4.69) is 5.32 Å². The summed E-state index contributed by atoms with van der Waals surface area (Å²) in [5, 5.41) is 11.8. The summed E-state index contributed by atoms with van der Waals surface area (Å²) in [5.74, 6) is -0.141. The Bertz CT molecular complexity index is 1230. The van der Waals surface area contributed by atoms with E-state index in [4.69, 9.17) is 10.00 Å². The minimum absolute atomic E-state index is 0.181. The van der Waals surface area contributed by atoms with Crippen LogP contribution in [0, 0.1) is 34.9 Å². The standard InChI is InChI=1S/C24H25FN4O4S/c25-22-11-17(3-6-23(22)28-7-9-33-10-8-28)24(30)27-13-19-20-14-29(15-21(19)20)34(31,32)18-4-1-16(12-26)2-5-18/h1-6,11,19-21H,7-10,13-15H2,(H,27,30). The van der Waals surface area contributed by atoms with E-state index in [-0.39, 0.29) is 34.1 Å². The smallest absolute Gasteiger partial charge is 0.251 e. The van der Waals surface area contributed by atoms with Gasteiger partial charge in [0, 0.05) is 38.3 Å². The van der Waals surface area contributed by atoms with Gasteiger partial charge in [0.2, 0.25) is 10.0 Å². The number of anilines is 1. The van der Waals surface area contributed by atoms with Gasteiger partial charge in [-0.15, -0.1) is 0 Å². The SMILES string of the molecule is N#Cc1ccc(S(=O)(=O)N2CC3C(CNC(=O)c4ccc(N5CCOCC5)c(F)c4)C3C2)cc1. The molecule has 2 aromatic carbocycles. The highest BCUT2D eigenvalue weighted by atomic mass is 32.2. The molecule has 1 saturated carbocycles. The summed E-state index contributed by atoms with van der Waals surface area (Å²) in [6.07, 6.45) is 0. The van der Waals surface area contributed by atoms with Gasteiger partial charge in [0.25, 0.3) is 5.91 Å². The van der Waals surface area contributed by atoms with Crippen molar-refractivity contribution in [1.82, 2.24) is 9.62 Å². The Kier molecular flexibility index (Phi) is 6.02. The van der Waals surface area contributed by atoms with E-state index in [1.54, 1.807) is 12.1 Å². The second kappa shape index (κ2) is 8.98. The van der Waals surface area contributed by atoms with Gasteiger partial charge in [-0.25, -0.2) is 12.8 Å². The Morgan fingerprint density at radius 3 is 2.41 bits per heavy atom. The van der Waals surface area contributed by atoms with E-state index in [0.717, 1.165) is 0 Å². The fourth-order valence-electron chi connectivity index (χ4n) is 4.98. The Morgan fingerprint density at radius 1 is 1.12 bits per heavy atom. The molecule has 178 valence electrons. The van der Waals surface area contributed by atoms with Gasteiger partial charge in [-0.1, -0.05) is 0 Å². The summed E-state index contributed by atoms with van der Waals surface area (Å²) in [4.78, 5) is 14.6. The van der Waals surface area contributed by atoms with E-state index in [1.165, 1.54) is 34.6 Å². The molecule has 34 heavy (non-hydrogen) atoms. The molecular weight excluding hydrogens is 459 g/mol. The van der Waals surface area contributed by atoms with Gasteiger partial charge in [-0.2, -0.15) is 9.57 Å². The van der Waals surface area contributed by atoms with Gasteiger partial charge in [-0.3, -0.25) is 4.79 Å². The van der Waals surface area contributed by atoms with E-state index >= 15 is 0 Å². The van der Waals surface area contributed by atoms with Crippen LogP contribution in [0.1, 0.15) is 15.9 Å². The molecule has 2 unspecified atom stereocenters. The first-order valence-electron chi connectivity index (χ1n) is 11.3. The molecule has 2 aromatic rings. The van der Waals surface area contributed by atoms with Crippen LogP contribution in [0.4, 0.5) is 10.1 Å². The van der Waals surface area contributed by atoms with Gasteiger partial charge in [0.15, 0.2) is 0 Å². The van der Waals surface area contributed by atoms with Crippen molar-refractivity contribution in [3.63, 3.8) is 0 Å². The summed E-state index contributed by atoms with van der Waals surface area (Å²) in [5.41, 5.74) is 1.15. The fourth-order valence-corrected chi connectivity index (χ4v) is 6.50. The van der Waals surface area contributed by atoms with E-state index in [0.29, 0.717) is 57.2 Å². The monoisotopic (exact) mass is 484 g/mol. The third-order valence-electron chi connectivity index (χ3n) is 7.02. The number of fused-ring (bicyclic) bond motifs is 1. The van der Waals surface area contributed by atoms with Crippen LogP contribution < -0.4 is 10.2 Å². The van der Waals surface area contributed by atoms with Gasteiger partial charge in [-0.05, 0) is 60.2 Å². The number of nitriles is 1. The highest BCUT2D eigenvalue weighted by Gasteiger charge is 2.57. The van der Waals surface area contributed by atoms with E-state index in [9.17, 15) is 17.6 Å². The maximum absolute atomic E-state index is 14.6. The highest BCUT2D eigenvalue weighted by Crippen LogP contribution is 2.52. The van der Waals surface area contributed by atoms with Crippen LogP contribution in [0.15, 0.2) is 47.4 Å². The summed E-state index contributed by atoms with van der Waals surface area (Å²) in [6.45, 7) is 3.60. The molecule has 10 heteroatoms. The third-order valence-corrected chi connectivity index (χ3v) is 8.86. The molecule has 3 fully saturated rings. The average molecular weight is 485 g/mol. The number of benzene rings is 2. The lowest BCUT2D eigenvalue weighted by atomic mass is 10.1. The Morgan fingerprint density at radius 2 is 1.79 bits per heavy atom. The predicted molar refractivity (Wildman–Crippen MR) is 122 cm³/mol. The fraction of sp³-hybridized carbons (Fsp3) is 0.417. The molecule has 0 radical (unpaired) electrons. The Labute approximate surface area is 198 Å². The zero-order chi connectivity index (χ0) is 23.9. The average Bonchev–Trinajstić information content (AvgIpc) is 3.30. The quantitative estimate of drug-likeness (QED) is 0.671. The van der Waals surface area contributed by atoms with E-state index in [1.807, 2.05) is 11.0 Å². The molecule has 5 rings (SSSR count). The molecule has 2 heterocycles. The van der Waals surface area contributed by atoms with Gasteiger partial charge in [0.1, 0.15) is 5.82 Å². The van der Waals surface area contributed by atoms with Crippen molar-refractivity contribution >= 4 is 21.6 Å². The number of nitrogens with one attached hydrogen (secondary N) is 1. The normalized spacial score (nSPS) is 24.4.